The lowest BCUT2D eigenvalue weighted by atomic mass is 10.2. The lowest BCUT2D eigenvalue weighted by molar-refractivity contribution is 0.102. The quantitative estimate of drug-likeness (QED) is 0.564. The Morgan fingerprint density at radius 2 is 1.96 bits per heavy atom. The molecule has 0 saturated carbocycles. The summed E-state index contributed by atoms with van der Waals surface area (Å²) < 4.78 is 6.57. The summed E-state index contributed by atoms with van der Waals surface area (Å²) in [4.78, 5) is 12.3. The van der Waals surface area contributed by atoms with Gasteiger partial charge in [-0.15, -0.1) is 0 Å². The predicted molar refractivity (Wildman–Crippen MR) is 103 cm³/mol. The molecule has 0 saturated heterocycles. The molecule has 1 amide bonds. The van der Waals surface area contributed by atoms with Gasteiger partial charge in [0.15, 0.2) is 0 Å². The Kier molecular flexibility index (Phi) is 7.32. The van der Waals surface area contributed by atoms with Gasteiger partial charge in [-0.1, -0.05) is 38.3 Å². The molecule has 0 bridgehead atoms. The van der Waals surface area contributed by atoms with Crippen molar-refractivity contribution >= 4 is 27.5 Å². The van der Waals surface area contributed by atoms with Gasteiger partial charge in [0.1, 0.15) is 5.75 Å². The minimum Gasteiger partial charge on any atom is -0.492 e. The SMILES string of the molecule is CCCCCCOc1ccc(C(=O)Nc2cccc(C)c2)cc1Br. The van der Waals surface area contributed by atoms with Gasteiger partial charge in [0.2, 0.25) is 0 Å². The van der Waals surface area contributed by atoms with Gasteiger partial charge in [0.25, 0.3) is 5.91 Å². The van der Waals surface area contributed by atoms with E-state index in [9.17, 15) is 4.79 Å². The Labute approximate surface area is 152 Å². The largest absolute Gasteiger partial charge is 0.492 e. The first-order chi connectivity index (χ1) is 11.6. The molecule has 0 unspecified atom stereocenters. The van der Waals surface area contributed by atoms with Gasteiger partial charge in [-0.3, -0.25) is 4.79 Å². The number of carbonyl (C=O) groups excluding carboxylic acids is 1. The number of carbonyl (C=O) groups is 1. The van der Waals surface area contributed by atoms with E-state index in [4.69, 9.17) is 4.74 Å². The van der Waals surface area contributed by atoms with Crippen LogP contribution >= 0.6 is 15.9 Å². The fraction of sp³-hybridized carbons (Fsp3) is 0.350. The summed E-state index contributed by atoms with van der Waals surface area (Å²) >= 11 is 3.49. The van der Waals surface area contributed by atoms with Gasteiger partial charge in [-0.25, -0.2) is 0 Å². The minimum atomic E-state index is -0.129. The smallest absolute Gasteiger partial charge is 0.255 e. The molecule has 2 aromatic rings. The highest BCUT2D eigenvalue weighted by Gasteiger charge is 2.10. The fourth-order valence-corrected chi connectivity index (χ4v) is 2.89. The number of aryl methyl sites for hydroxylation is 1. The molecule has 0 aliphatic carbocycles. The number of halogens is 1. The molecule has 128 valence electrons. The molecule has 0 atom stereocenters. The van der Waals surface area contributed by atoms with Crippen molar-refractivity contribution < 1.29 is 9.53 Å². The molecule has 0 heterocycles. The highest BCUT2D eigenvalue weighted by atomic mass is 79.9. The van der Waals surface area contributed by atoms with Crippen LogP contribution in [0.4, 0.5) is 5.69 Å². The average molecular weight is 390 g/mol. The van der Waals surface area contributed by atoms with Crippen LogP contribution in [-0.2, 0) is 0 Å². The molecule has 24 heavy (non-hydrogen) atoms. The Bertz CT molecular complexity index is 685. The molecule has 0 aliphatic heterocycles. The second-order valence-electron chi connectivity index (χ2n) is 5.88. The molecule has 2 rings (SSSR count). The topological polar surface area (TPSA) is 38.3 Å². The summed E-state index contributed by atoms with van der Waals surface area (Å²) in [6.45, 7) is 4.89. The van der Waals surface area contributed by atoms with E-state index in [1.165, 1.54) is 19.3 Å². The van der Waals surface area contributed by atoms with Gasteiger partial charge in [-0.05, 0) is 65.2 Å². The molecule has 0 aliphatic rings. The maximum Gasteiger partial charge on any atom is 0.255 e. The first-order valence-electron chi connectivity index (χ1n) is 8.40. The summed E-state index contributed by atoms with van der Waals surface area (Å²) in [5.74, 6) is 0.648. The third-order valence-electron chi connectivity index (χ3n) is 3.73. The Hall–Kier alpha value is -1.81. The molecule has 0 radical (unpaired) electrons. The Morgan fingerprint density at radius 3 is 2.67 bits per heavy atom. The molecular formula is C20H24BrNO2. The van der Waals surface area contributed by atoms with Crippen molar-refractivity contribution in [3.8, 4) is 5.75 Å². The zero-order valence-electron chi connectivity index (χ0n) is 14.3. The van der Waals surface area contributed by atoms with Crippen molar-refractivity contribution in [1.82, 2.24) is 0 Å². The predicted octanol–water partition coefficient (Wildman–Crippen LogP) is 5.97. The van der Waals surface area contributed by atoms with Gasteiger partial charge in [-0.2, -0.15) is 0 Å². The monoisotopic (exact) mass is 389 g/mol. The van der Waals surface area contributed by atoms with Crippen LogP contribution in [0.15, 0.2) is 46.9 Å². The fourth-order valence-electron chi connectivity index (χ4n) is 2.40. The number of hydrogen-bond donors (Lipinski definition) is 1. The van der Waals surface area contributed by atoms with Crippen molar-refractivity contribution in [3.05, 3.63) is 58.1 Å². The van der Waals surface area contributed by atoms with Gasteiger partial charge < -0.3 is 10.1 Å². The van der Waals surface area contributed by atoms with Crippen molar-refractivity contribution in [2.24, 2.45) is 0 Å². The highest BCUT2D eigenvalue weighted by Crippen LogP contribution is 2.26. The zero-order valence-corrected chi connectivity index (χ0v) is 15.9. The number of ether oxygens (including phenoxy) is 1. The van der Waals surface area contributed by atoms with E-state index in [2.05, 4.69) is 28.2 Å². The lowest BCUT2D eigenvalue weighted by Gasteiger charge is -2.10. The molecule has 3 nitrogen and oxygen atoms in total. The van der Waals surface area contributed by atoms with Crippen molar-refractivity contribution in [2.45, 2.75) is 39.5 Å². The van der Waals surface area contributed by atoms with E-state index in [1.54, 1.807) is 12.1 Å². The number of hydrogen-bond acceptors (Lipinski definition) is 2. The number of unbranched alkanes of at least 4 members (excludes halogenated alkanes) is 3. The maximum atomic E-state index is 12.3. The first-order valence-corrected chi connectivity index (χ1v) is 9.20. The number of amides is 1. The van der Waals surface area contributed by atoms with Crippen LogP contribution in [-0.4, -0.2) is 12.5 Å². The van der Waals surface area contributed by atoms with E-state index in [0.29, 0.717) is 12.2 Å². The number of rotatable bonds is 8. The van der Waals surface area contributed by atoms with Crippen LogP contribution in [0.2, 0.25) is 0 Å². The Morgan fingerprint density at radius 1 is 1.12 bits per heavy atom. The molecular weight excluding hydrogens is 366 g/mol. The summed E-state index contributed by atoms with van der Waals surface area (Å²) in [6.07, 6.45) is 4.69. The summed E-state index contributed by atoms with van der Waals surface area (Å²) in [5, 5.41) is 2.91. The minimum absolute atomic E-state index is 0.129. The lowest BCUT2D eigenvalue weighted by Crippen LogP contribution is -2.12. The van der Waals surface area contributed by atoms with Crippen molar-refractivity contribution in [2.75, 3.05) is 11.9 Å². The number of benzene rings is 2. The van der Waals surface area contributed by atoms with Crippen molar-refractivity contribution in [1.29, 1.82) is 0 Å². The standard InChI is InChI=1S/C20H24BrNO2/c1-3-4-5-6-12-24-19-11-10-16(14-18(19)21)20(23)22-17-9-7-8-15(2)13-17/h7-11,13-14H,3-6,12H2,1-2H3,(H,22,23). The number of nitrogens with one attached hydrogen (secondary N) is 1. The molecule has 0 aromatic heterocycles. The molecule has 4 heteroatoms. The number of anilines is 1. The van der Waals surface area contributed by atoms with E-state index in [0.717, 1.165) is 27.9 Å². The Balaban J connectivity index is 1.94. The molecule has 1 N–H and O–H groups in total. The van der Waals surface area contributed by atoms with Crippen LogP contribution in [0.25, 0.3) is 0 Å². The molecule has 0 spiro atoms. The van der Waals surface area contributed by atoms with Gasteiger partial charge in [0, 0.05) is 11.3 Å². The second kappa shape index (κ2) is 9.48. The van der Waals surface area contributed by atoms with Crippen LogP contribution in [0.5, 0.6) is 5.75 Å². The summed E-state index contributed by atoms with van der Waals surface area (Å²) in [6, 6.07) is 13.2. The normalized spacial score (nSPS) is 10.5. The maximum absolute atomic E-state index is 12.3. The first kappa shape index (κ1) is 18.5. The van der Waals surface area contributed by atoms with Gasteiger partial charge in [0.05, 0.1) is 11.1 Å². The summed E-state index contributed by atoms with van der Waals surface area (Å²) in [5.41, 5.74) is 2.51. The summed E-state index contributed by atoms with van der Waals surface area (Å²) in [7, 11) is 0. The third kappa shape index (κ3) is 5.68. The van der Waals surface area contributed by atoms with E-state index in [1.807, 2.05) is 37.3 Å². The highest BCUT2D eigenvalue weighted by molar-refractivity contribution is 9.10. The second-order valence-corrected chi connectivity index (χ2v) is 6.73. The van der Waals surface area contributed by atoms with Crippen LogP contribution in [0.3, 0.4) is 0 Å². The van der Waals surface area contributed by atoms with E-state index in [-0.39, 0.29) is 5.91 Å². The van der Waals surface area contributed by atoms with Crippen molar-refractivity contribution in [3.63, 3.8) is 0 Å². The van der Waals surface area contributed by atoms with Gasteiger partial charge >= 0.3 is 0 Å². The van der Waals surface area contributed by atoms with E-state index < -0.39 is 0 Å². The van der Waals surface area contributed by atoms with Crippen LogP contribution < -0.4 is 10.1 Å². The van der Waals surface area contributed by atoms with Crippen LogP contribution in [0, 0.1) is 6.92 Å². The zero-order chi connectivity index (χ0) is 17.4. The average Bonchev–Trinajstić information content (AvgIpc) is 2.56. The molecule has 0 fully saturated rings. The van der Waals surface area contributed by atoms with Crippen LogP contribution in [0.1, 0.15) is 48.5 Å². The third-order valence-corrected chi connectivity index (χ3v) is 4.35. The van der Waals surface area contributed by atoms with E-state index >= 15 is 0 Å². The molecule has 2 aromatic carbocycles.